The topological polar surface area (TPSA) is 71.1 Å². The summed E-state index contributed by atoms with van der Waals surface area (Å²) in [5, 5.41) is 2.83. The summed E-state index contributed by atoms with van der Waals surface area (Å²) in [5.74, 6) is 0.173. The molecular weight excluding hydrogens is 382 g/mol. The van der Waals surface area contributed by atoms with Crippen LogP contribution in [-0.4, -0.2) is 63.2 Å². The minimum absolute atomic E-state index is 0.0415. The van der Waals surface area contributed by atoms with Crippen molar-refractivity contribution in [3.8, 4) is 5.75 Å². The largest absolute Gasteiger partial charge is 0.483 e. The van der Waals surface area contributed by atoms with Gasteiger partial charge in [-0.1, -0.05) is 12.1 Å². The lowest BCUT2D eigenvalue weighted by molar-refractivity contribution is -0.135. The second kappa shape index (κ2) is 10.1. The first-order valence-corrected chi connectivity index (χ1v) is 10.1. The highest BCUT2D eigenvalue weighted by Crippen LogP contribution is 2.21. The second-order valence-electron chi connectivity index (χ2n) is 7.43. The van der Waals surface area contributed by atoms with Crippen LogP contribution in [0.2, 0.25) is 0 Å². The van der Waals surface area contributed by atoms with Crippen molar-refractivity contribution in [2.24, 2.45) is 0 Å². The van der Waals surface area contributed by atoms with E-state index in [1.165, 1.54) is 4.90 Å². The molecule has 1 heterocycles. The molecule has 0 aliphatic carbocycles. The molecular formula is C23H29N3O4. The number of anilines is 2. The fourth-order valence-corrected chi connectivity index (χ4v) is 3.21. The van der Waals surface area contributed by atoms with Gasteiger partial charge in [-0.25, -0.2) is 0 Å². The van der Waals surface area contributed by atoms with Gasteiger partial charge in [0.25, 0.3) is 5.91 Å². The number of aryl methyl sites for hydroxylation is 1. The van der Waals surface area contributed by atoms with Gasteiger partial charge in [0, 0.05) is 31.5 Å². The summed E-state index contributed by atoms with van der Waals surface area (Å²) in [6.45, 7) is 6.98. The average molecular weight is 412 g/mol. The van der Waals surface area contributed by atoms with Crippen molar-refractivity contribution in [3.05, 3.63) is 53.6 Å². The SMILES string of the molecule is Cc1cccc(OCC(=O)N(C)CC(=O)Nc2ccc(N3CCOCC3)cc2)c1C. The van der Waals surface area contributed by atoms with Crippen LogP contribution in [0.15, 0.2) is 42.5 Å². The molecule has 1 aliphatic rings. The van der Waals surface area contributed by atoms with Crippen molar-refractivity contribution < 1.29 is 19.1 Å². The summed E-state index contributed by atoms with van der Waals surface area (Å²) in [6, 6.07) is 13.4. The molecule has 0 bridgehead atoms. The molecule has 1 aliphatic heterocycles. The van der Waals surface area contributed by atoms with Crippen LogP contribution in [0.4, 0.5) is 11.4 Å². The average Bonchev–Trinajstić information content (AvgIpc) is 2.75. The van der Waals surface area contributed by atoms with E-state index in [1.54, 1.807) is 7.05 Å². The molecule has 2 amide bonds. The normalized spacial score (nSPS) is 13.6. The number of amides is 2. The highest BCUT2D eigenvalue weighted by atomic mass is 16.5. The Bertz CT molecular complexity index is 877. The molecule has 2 aromatic carbocycles. The number of hydrogen-bond donors (Lipinski definition) is 1. The number of benzene rings is 2. The van der Waals surface area contributed by atoms with Gasteiger partial charge in [0.2, 0.25) is 5.91 Å². The number of nitrogens with zero attached hydrogens (tertiary/aromatic N) is 2. The number of likely N-dealkylation sites (N-methyl/N-ethyl adjacent to an activating group) is 1. The number of carbonyl (C=O) groups is 2. The van der Waals surface area contributed by atoms with Crippen LogP contribution in [0, 0.1) is 13.8 Å². The molecule has 30 heavy (non-hydrogen) atoms. The van der Waals surface area contributed by atoms with Gasteiger partial charge in [0.1, 0.15) is 5.75 Å². The molecule has 7 heteroatoms. The predicted molar refractivity (Wildman–Crippen MR) is 117 cm³/mol. The Labute approximate surface area is 177 Å². The van der Waals surface area contributed by atoms with E-state index in [0.717, 1.165) is 43.1 Å². The Kier molecular flexibility index (Phi) is 7.30. The molecule has 160 valence electrons. The molecule has 2 aromatic rings. The second-order valence-corrected chi connectivity index (χ2v) is 7.43. The van der Waals surface area contributed by atoms with Gasteiger partial charge < -0.3 is 24.6 Å². The number of morpholine rings is 1. The summed E-state index contributed by atoms with van der Waals surface area (Å²) in [7, 11) is 1.59. The minimum atomic E-state index is -0.256. The Hall–Kier alpha value is -3.06. The zero-order valence-electron chi connectivity index (χ0n) is 17.8. The molecule has 3 rings (SSSR count). The standard InChI is InChI=1S/C23H29N3O4/c1-17-5-4-6-21(18(17)2)30-16-23(28)25(3)15-22(27)24-19-7-9-20(10-8-19)26-11-13-29-14-12-26/h4-10H,11-16H2,1-3H3,(H,24,27). The van der Waals surface area contributed by atoms with Crippen molar-refractivity contribution in [2.45, 2.75) is 13.8 Å². The van der Waals surface area contributed by atoms with Crippen molar-refractivity contribution in [2.75, 3.05) is 56.7 Å². The van der Waals surface area contributed by atoms with Crippen LogP contribution >= 0.6 is 0 Å². The zero-order chi connectivity index (χ0) is 21.5. The molecule has 0 saturated carbocycles. The van der Waals surface area contributed by atoms with Gasteiger partial charge >= 0.3 is 0 Å². The zero-order valence-corrected chi connectivity index (χ0v) is 17.8. The fourth-order valence-electron chi connectivity index (χ4n) is 3.21. The predicted octanol–water partition coefficient (Wildman–Crippen LogP) is 2.62. The van der Waals surface area contributed by atoms with Crippen molar-refractivity contribution in [1.29, 1.82) is 0 Å². The summed E-state index contributed by atoms with van der Waals surface area (Å²) in [5.41, 5.74) is 3.91. The Balaban J connectivity index is 1.46. The van der Waals surface area contributed by atoms with Gasteiger partial charge in [0.05, 0.1) is 19.8 Å². The van der Waals surface area contributed by atoms with E-state index >= 15 is 0 Å². The third-order valence-electron chi connectivity index (χ3n) is 5.24. The van der Waals surface area contributed by atoms with E-state index in [9.17, 15) is 9.59 Å². The molecule has 0 radical (unpaired) electrons. The third kappa shape index (κ3) is 5.73. The van der Waals surface area contributed by atoms with Gasteiger partial charge in [-0.15, -0.1) is 0 Å². The van der Waals surface area contributed by atoms with Gasteiger partial charge in [-0.2, -0.15) is 0 Å². The number of hydrogen-bond acceptors (Lipinski definition) is 5. The first kappa shape index (κ1) is 21.6. The Morgan fingerprint density at radius 2 is 1.80 bits per heavy atom. The maximum absolute atomic E-state index is 12.3. The van der Waals surface area contributed by atoms with Crippen LogP contribution in [-0.2, 0) is 14.3 Å². The van der Waals surface area contributed by atoms with Gasteiger partial charge in [-0.3, -0.25) is 9.59 Å². The fraction of sp³-hybridized carbons (Fsp3) is 0.391. The van der Waals surface area contributed by atoms with Crippen molar-refractivity contribution in [3.63, 3.8) is 0 Å². The van der Waals surface area contributed by atoms with Crippen molar-refractivity contribution >= 4 is 23.2 Å². The number of nitrogens with one attached hydrogen (secondary N) is 1. The van der Waals surface area contributed by atoms with Gasteiger partial charge in [0.15, 0.2) is 6.61 Å². The smallest absolute Gasteiger partial charge is 0.260 e. The van der Waals surface area contributed by atoms with Gasteiger partial charge in [-0.05, 0) is 55.3 Å². The quantitative estimate of drug-likeness (QED) is 0.758. The van der Waals surface area contributed by atoms with Crippen molar-refractivity contribution in [1.82, 2.24) is 4.90 Å². The maximum atomic E-state index is 12.3. The maximum Gasteiger partial charge on any atom is 0.260 e. The summed E-state index contributed by atoms with van der Waals surface area (Å²) < 4.78 is 11.0. The molecule has 0 spiro atoms. The van der Waals surface area contributed by atoms with E-state index in [-0.39, 0.29) is 25.0 Å². The number of ether oxygens (including phenoxy) is 2. The summed E-state index contributed by atoms with van der Waals surface area (Å²) >= 11 is 0. The highest BCUT2D eigenvalue weighted by molar-refractivity contribution is 5.94. The lowest BCUT2D eigenvalue weighted by Gasteiger charge is -2.28. The van der Waals surface area contributed by atoms with E-state index in [0.29, 0.717) is 11.4 Å². The lowest BCUT2D eigenvalue weighted by atomic mass is 10.1. The molecule has 0 unspecified atom stereocenters. The Morgan fingerprint density at radius 1 is 1.10 bits per heavy atom. The van der Waals surface area contributed by atoms with E-state index in [2.05, 4.69) is 10.2 Å². The highest BCUT2D eigenvalue weighted by Gasteiger charge is 2.15. The number of rotatable bonds is 7. The van der Waals surface area contributed by atoms with Crippen LogP contribution < -0.4 is 15.0 Å². The molecule has 0 atom stereocenters. The van der Waals surface area contributed by atoms with Crippen LogP contribution in [0.1, 0.15) is 11.1 Å². The lowest BCUT2D eigenvalue weighted by Crippen LogP contribution is -2.37. The molecule has 1 saturated heterocycles. The van der Waals surface area contributed by atoms with Crippen LogP contribution in [0.25, 0.3) is 0 Å². The monoisotopic (exact) mass is 411 g/mol. The molecule has 7 nitrogen and oxygen atoms in total. The molecule has 1 fully saturated rings. The van der Waals surface area contributed by atoms with Crippen LogP contribution in [0.5, 0.6) is 5.75 Å². The summed E-state index contributed by atoms with van der Waals surface area (Å²) in [6.07, 6.45) is 0. The van der Waals surface area contributed by atoms with E-state index < -0.39 is 0 Å². The first-order chi connectivity index (χ1) is 14.4. The van der Waals surface area contributed by atoms with E-state index in [4.69, 9.17) is 9.47 Å². The minimum Gasteiger partial charge on any atom is -0.483 e. The van der Waals surface area contributed by atoms with Crippen LogP contribution in [0.3, 0.4) is 0 Å². The number of carbonyl (C=O) groups excluding carboxylic acids is 2. The Morgan fingerprint density at radius 3 is 2.50 bits per heavy atom. The van der Waals surface area contributed by atoms with E-state index in [1.807, 2.05) is 56.3 Å². The molecule has 1 N–H and O–H groups in total. The third-order valence-corrected chi connectivity index (χ3v) is 5.24. The summed E-state index contributed by atoms with van der Waals surface area (Å²) in [4.78, 5) is 28.3. The first-order valence-electron chi connectivity index (χ1n) is 10.1. The molecule has 0 aromatic heterocycles.